The standard InChI is InChI=1S/C21H21F2N3O2S2/c1-11-12(2)30-19-18(11)20(28)26(14-5-3-4-6-14)21(25-19)29-10-17(27)24-16-9-13(22)7-8-15(16)23/h7-9,14H,3-6,10H2,1-2H3,(H,24,27). The topological polar surface area (TPSA) is 64.0 Å². The summed E-state index contributed by atoms with van der Waals surface area (Å²) in [5, 5.41) is 3.54. The summed E-state index contributed by atoms with van der Waals surface area (Å²) in [4.78, 5) is 32.1. The van der Waals surface area contributed by atoms with Gasteiger partial charge in [0.05, 0.1) is 16.8 Å². The lowest BCUT2D eigenvalue weighted by atomic mass is 10.2. The van der Waals surface area contributed by atoms with Crippen molar-refractivity contribution in [3.05, 3.63) is 50.6 Å². The van der Waals surface area contributed by atoms with Crippen molar-refractivity contribution in [2.45, 2.75) is 50.7 Å². The minimum absolute atomic E-state index is 0.0622. The molecular formula is C21H21F2N3O2S2. The van der Waals surface area contributed by atoms with Gasteiger partial charge in [0, 0.05) is 17.0 Å². The van der Waals surface area contributed by atoms with Crippen LogP contribution in [0.2, 0.25) is 0 Å². The number of fused-ring (bicyclic) bond motifs is 1. The molecule has 0 bridgehead atoms. The number of aromatic nitrogens is 2. The van der Waals surface area contributed by atoms with Gasteiger partial charge in [-0.25, -0.2) is 13.8 Å². The number of carbonyl (C=O) groups excluding carboxylic acids is 1. The minimum Gasteiger partial charge on any atom is -0.323 e. The molecule has 0 radical (unpaired) electrons. The first kappa shape index (κ1) is 21.0. The third kappa shape index (κ3) is 4.00. The SMILES string of the molecule is Cc1sc2nc(SCC(=O)Nc3cc(F)ccc3F)n(C3CCCC3)c(=O)c2c1C. The number of nitrogens with one attached hydrogen (secondary N) is 1. The smallest absolute Gasteiger partial charge is 0.263 e. The van der Waals surface area contributed by atoms with Gasteiger partial charge < -0.3 is 5.32 Å². The molecular weight excluding hydrogens is 428 g/mol. The van der Waals surface area contributed by atoms with Gasteiger partial charge in [-0.3, -0.25) is 14.2 Å². The predicted octanol–water partition coefficient (Wildman–Crippen LogP) is 5.20. The van der Waals surface area contributed by atoms with E-state index in [0.717, 1.165) is 66.1 Å². The van der Waals surface area contributed by atoms with E-state index in [0.29, 0.717) is 15.4 Å². The second-order valence-corrected chi connectivity index (χ2v) is 9.58. The highest BCUT2D eigenvalue weighted by molar-refractivity contribution is 7.99. The van der Waals surface area contributed by atoms with Gasteiger partial charge in [-0.15, -0.1) is 11.3 Å². The Morgan fingerprint density at radius 1 is 1.30 bits per heavy atom. The number of aryl methyl sites for hydroxylation is 2. The molecule has 1 saturated carbocycles. The van der Waals surface area contributed by atoms with Crippen molar-refractivity contribution in [3.63, 3.8) is 0 Å². The Hall–Kier alpha value is -2.26. The summed E-state index contributed by atoms with van der Waals surface area (Å²) in [6, 6.07) is 2.96. The zero-order chi connectivity index (χ0) is 21.4. The molecule has 3 aromatic rings. The van der Waals surface area contributed by atoms with E-state index >= 15 is 0 Å². The average Bonchev–Trinajstić information content (AvgIpc) is 3.32. The van der Waals surface area contributed by atoms with Crippen LogP contribution in [0.15, 0.2) is 28.2 Å². The van der Waals surface area contributed by atoms with Gasteiger partial charge in [0.2, 0.25) is 5.91 Å². The fraction of sp³-hybridized carbons (Fsp3) is 0.381. The number of carbonyl (C=O) groups is 1. The Kier molecular flexibility index (Phi) is 5.92. The normalized spacial score (nSPS) is 14.5. The van der Waals surface area contributed by atoms with Crippen molar-refractivity contribution in [2.24, 2.45) is 0 Å². The quantitative estimate of drug-likeness (QED) is 0.430. The number of thiophene rings is 1. The molecule has 4 rings (SSSR count). The highest BCUT2D eigenvalue weighted by Crippen LogP contribution is 2.34. The van der Waals surface area contributed by atoms with Crippen LogP contribution in [0.1, 0.15) is 42.2 Å². The molecule has 1 aliphatic rings. The molecule has 1 fully saturated rings. The molecule has 2 aromatic heterocycles. The first-order chi connectivity index (χ1) is 14.3. The van der Waals surface area contributed by atoms with Crippen LogP contribution in [0.25, 0.3) is 10.2 Å². The summed E-state index contributed by atoms with van der Waals surface area (Å²) in [7, 11) is 0. The summed E-state index contributed by atoms with van der Waals surface area (Å²) in [5.41, 5.74) is 0.685. The van der Waals surface area contributed by atoms with Crippen molar-refractivity contribution in [2.75, 3.05) is 11.1 Å². The third-order valence-electron chi connectivity index (χ3n) is 5.43. The van der Waals surface area contributed by atoms with Crippen LogP contribution in [-0.2, 0) is 4.79 Å². The van der Waals surface area contributed by atoms with Gasteiger partial charge in [-0.1, -0.05) is 24.6 Å². The van der Waals surface area contributed by atoms with Crippen molar-refractivity contribution in [3.8, 4) is 0 Å². The molecule has 30 heavy (non-hydrogen) atoms. The number of amides is 1. The van der Waals surface area contributed by atoms with Crippen molar-refractivity contribution in [1.29, 1.82) is 0 Å². The molecule has 5 nitrogen and oxygen atoms in total. The molecule has 1 amide bonds. The average molecular weight is 450 g/mol. The zero-order valence-corrected chi connectivity index (χ0v) is 18.3. The molecule has 0 spiro atoms. The molecule has 158 valence electrons. The lowest BCUT2D eigenvalue weighted by Gasteiger charge is -2.18. The summed E-state index contributed by atoms with van der Waals surface area (Å²) in [5.74, 6) is -1.90. The van der Waals surface area contributed by atoms with E-state index in [1.54, 1.807) is 4.57 Å². The highest BCUT2D eigenvalue weighted by atomic mass is 32.2. The number of rotatable bonds is 5. The van der Waals surface area contributed by atoms with Crippen LogP contribution in [-0.4, -0.2) is 21.2 Å². The van der Waals surface area contributed by atoms with E-state index < -0.39 is 17.5 Å². The Balaban J connectivity index is 1.63. The van der Waals surface area contributed by atoms with Crippen LogP contribution in [0.5, 0.6) is 0 Å². The summed E-state index contributed by atoms with van der Waals surface area (Å²) >= 11 is 2.61. The Bertz CT molecular complexity index is 1180. The first-order valence-electron chi connectivity index (χ1n) is 9.75. The van der Waals surface area contributed by atoms with Gasteiger partial charge in [0.25, 0.3) is 5.56 Å². The summed E-state index contributed by atoms with van der Waals surface area (Å²) in [6.07, 6.45) is 3.92. The number of nitrogens with zero attached hydrogens (tertiary/aromatic N) is 2. The molecule has 1 N–H and O–H groups in total. The number of benzene rings is 1. The first-order valence-corrected chi connectivity index (χ1v) is 11.6. The van der Waals surface area contributed by atoms with Gasteiger partial charge in [-0.2, -0.15) is 0 Å². The second-order valence-electron chi connectivity index (χ2n) is 7.43. The largest absolute Gasteiger partial charge is 0.323 e. The Morgan fingerprint density at radius 2 is 2.03 bits per heavy atom. The van der Waals surface area contributed by atoms with Crippen LogP contribution < -0.4 is 10.9 Å². The maximum Gasteiger partial charge on any atom is 0.263 e. The minimum atomic E-state index is -0.707. The highest BCUT2D eigenvalue weighted by Gasteiger charge is 2.25. The molecule has 1 aliphatic carbocycles. The van der Waals surface area contributed by atoms with Crippen LogP contribution in [0, 0.1) is 25.5 Å². The number of hydrogen-bond acceptors (Lipinski definition) is 5. The van der Waals surface area contributed by atoms with Gasteiger partial charge in [0.1, 0.15) is 16.5 Å². The van der Waals surface area contributed by atoms with E-state index in [2.05, 4.69) is 5.32 Å². The molecule has 0 saturated heterocycles. The maximum absolute atomic E-state index is 13.8. The van der Waals surface area contributed by atoms with Crippen LogP contribution >= 0.6 is 23.1 Å². The second kappa shape index (κ2) is 8.47. The zero-order valence-electron chi connectivity index (χ0n) is 16.6. The van der Waals surface area contributed by atoms with Crippen LogP contribution in [0.3, 0.4) is 0 Å². The number of hydrogen-bond donors (Lipinski definition) is 1. The van der Waals surface area contributed by atoms with Crippen molar-refractivity contribution < 1.29 is 13.6 Å². The number of thioether (sulfide) groups is 1. The van der Waals surface area contributed by atoms with E-state index in [-0.39, 0.29) is 23.0 Å². The third-order valence-corrected chi connectivity index (χ3v) is 7.48. The van der Waals surface area contributed by atoms with E-state index in [1.165, 1.54) is 11.3 Å². The molecule has 0 aliphatic heterocycles. The number of anilines is 1. The molecule has 2 heterocycles. The lowest BCUT2D eigenvalue weighted by molar-refractivity contribution is -0.113. The predicted molar refractivity (Wildman–Crippen MR) is 117 cm³/mol. The fourth-order valence-electron chi connectivity index (χ4n) is 3.78. The van der Waals surface area contributed by atoms with Gasteiger partial charge in [-0.05, 0) is 44.4 Å². The summed E-state index contributed by atoms with van der Waals surface area (Å²) < 4.78 is 28.8. The molecule has 9 heteroatoms. The monoisotopic (exact) mass is 449 g/mol. The Labute approximate surface area is 180 Å². The Morgan fingerprint density at radius 3 is 2.77 bits per heavy atom. The van der Waals surface area contributed by atoms with E-state index in [4.69, 9.17) is 4.98 Å². The fourth-order valence-corrected chi connectivity index (χ4v) is 5.72. The molecule has 1 aromatic carbocycles. The van der Waals surface area contributed by atoms with Crippen LogP contribution in [0.4, 0.5) is 14.5 Å². The van der Waals surface area contributed by atoms with Crippen molar-refractivity contribution >= 4 is 44.9 Å². The molecule has 0 unspecified atom stereocenters. The lowest BCUT2D eigenvalue weighted by Crippen LogP contribution is -2.27. The van der Waals surface area contributed by atoms with Gasteiger partial charge in [0.15, 0.2) is 5.16 Å². The van der Waals surface area contributed by atoms with Crippen molar-refractivity contribution in [1.82, 2.24) is 9.55 Å². The van der Waals surface area contributed by atoms with Gasteiger partial charge >= 0.3 is 0 Å². The summed E-state index contributed by atoms with van der Waals surface area (Å²) in [6.45, 7) is 3.90. The van der Waals surface area contributed by atoms with E-state index in [1.807, 2.05) is 13.8 Å². The number of halogens is 2. The molecule has 0 atom stereocenters. The maximum atomic E-state index is 13.8. The van der Waals surface area contributed by atoms with E-state index in [9.17, 15) is 18.4 Å².